The second kappa shape index (κ2) is 9.98. The van der Waals surface area contributed by atoms with Gasteiger partial charge in [-0.3, -0.25) is 0 Å². The molecule has 0 spiro atoms. The summed E-state index contributed by atoms with van der Waals surface area (Å²) in [6, 6.07) is 28.0. The first-order chi connectivity index (χ1) is 17.1. The number of fused-ring (bicyclic) bond motifs is 1. The Bertz CT molecular complexity index is 1560. The number of nitrogens with zero attached hydrogens (tertiary/aromatic N) is 2. The van der Waals surface area contributed by atoms with Crippen molar-refractivity contribution in [2.45, 2.75) is 6.61 Å². The van der Waals surface area contributed by atoms with E-state index in [2.05, 4.69) is 11.1 Å². The van der Waals surface area contributed by atoms with Crippen LogP contribution < -0.4 is 0 Å². The zero-order valence-corrected chi connectivity index (χ0v) is 19.8. The van der Waals surface area contributed by atoms with Gasteiger partial charge in [0.05, 0.1) is 26.4 Å². The lowest BCUT2D eigenvalue weighted by Crippen LogP contribution is -2.06. The largest absolute Gasteiger partial charge is 0.457 e. The Morgan fingerprint density at radius 2 is 1.86 bits per heavy atom. The first-order valence-corrected chi connectivity index (χ1v) is 11.9. The molecule has 0 aliphatic rings. The first kappa shape index (κ1) is 22.6. The molecule has 3 aromatic carbocycles. The molecule has 0 radical (unpaired) electrons. The lowest BCUT2D eigenvalue weighted by molar-refractivity contribution is 0.0473. The van der Waals surface area contributed by atoms with Gasteiger partial charge in [-0.15, -0.1) is 11.3 Å². The van der Waals surface area contributed by atoms with E-state index in [0.717, 1.165) is 15.8 Å². The predicted molar refractivity (Wildman–Crippen MR) is 138 cm³/mol. The van der Waals surface area contributed by atoms with Gasteiger partial charge in [-0.1, -0.05) is 54.1 Å². The monoisotopic (exact) mass is 496 g/mol. The molecule has 170 valence electrons. The van der Waals surface area contributed by atoms with Gasteiger partial charge in [-0.2, -0.15) is 5.26 Å². The van der Waals surface area contributed by atoms with Crippen LogP contribution in [0.4, 0.5) is 0 Å². The second-order valence-electron chi connectivity index (χ2n) is 7.61. The summed E-state index contributed by atoms with van der Waals surface area (Å²) in [6.07, 6.45) is 1.66. The van der Waals surface area contributed by atoms with Crippen molar-refractivity contribution in [3.05, 3.63) is 112 Å². The summed E-state index contributed by atoms with van der Waals surface area (Å²) in [4.78, 5) is 17.2. The third-order valence-corrected chi connectivity index (χ3v) is 6.64. The van der Waals surface area contributed by atoms with E-state index >= 15 is 0 Å². The number of halogens is 1. The second-order valence-corrected chi connectivity index (χ2v) is 9.05. The molecule has 7 heteroatoms. The van der Waals surface area contributed by atoms with Gasteiger partial charge in [-0.05, 0) is 48.0 Å². The summed E-state index contributed by atoms with van der Waals surface area (Å²) in [5, 5.41) is 10.6. The third-order valence-electron chi connectivity index (χ3n) is 5.24. The summed E-state index contributed by atoms with van der Waals surface area (Å²) in [5.74, 6) is 0.514. The molecule has 0 saturated carbocycles. The standard InChI is InChI=1S/C28H17ClN2O3S/c29-23-12-10-19(15-22(23)28(32)33-17-18-6-2-1-3-7-18)25-13-11-21(34-25)14-20(16-30)27-31-24-8-4-5-9-26(24)35-27/h1-15H,17H2/b20-14-. The Morgan fingerprint density at radius 3 is 2.66 bits per heavy atom. The number of benzene rings is 3. The Balaban J connectivity index is 1.38. The van der Waals surface area contributed by atoms with Gasteiger partial charge in [0.2, 0.25) is 0 Å². The Morgan fingerprint density at radius 1 is 1.06 bits per heavy atom. The maximum Gasteiger partial charge on any atom is 0.340 e. The van der Waals surface area contributed by atoms with Gasteiger partial charge in [0.1, 0.15) is 29.2 Å². The molecule has 0 bridgehead atoms. The number of nitriles is 1. The Labute approximate surface area is 210 Å². The van der Waals surface area contributed by atoms with E-state index in [4.69, 9.17) is 20.8 Å². The molecule has 2 aromatic heterocycles. The van der Waals surface area contributed by atoms with E-state index in [-0.39, 0.29) is 12.2 Å². The lowest BCUT2D eigenvalue weighted by atomic mass is 10.1. The average Bonchev–Trinajstić information content (AvgIpc) is 3.54. The van der Waals surface area contributed by atoms with Crippen molar-refractivity contribution in [3.63, 3.8) is 0 Å². The minimum absolute atomic E-state index is 0.151. The molecule has 5 aromatic rings. The van der Waals surface area contributed by atoms with Gasteiger partial charge >= 0.3 is 5.97 Å². The number of hydrogen-bond acceptors (Lipinski definition) is 6. The van der Waals surface area contributed by atoms with Crippen LogP contribution in [-0.2, 0) is 11.3 Å². The van der Waals surface area contributed by atoms with E-state index in [9.17, 15) is 10.1 Å². The maximum absolute atomic E-state index is 12.7. The van der Waals surface area contributed by atoms with Crippen molar-refractivity contribution in [1.82, 2.24) is 4.98 Å². The molecule has 5 nitrogen and oxygen atoms in total. The third kappa shape index (κ3) is 5.02. The van der Waals surface area contributed by atoms with Gasteiger partial charge in [0.25, 0.3) is 0 Å². The van der Waals surface area contributed by atoms with Crippen LogP contribution in [0.3, 0.4) is 0 Å². The average molecular weight is 497 g/mol. The van der Waals surface area contributed by atoms with Gasteiger partial charge in [0.15, 0.2) is 0 Å². The molecular formula is C28H17ClN2O3S. The molecule has 0 fully saturated rings. The van der Waals surface area contributed by atoms with Crippen molar-refractivity contribution in [1.29, 1.82) is 5.26 Å². The normalized spacial score (nSPS) is 11.4. The number of hydrogen-bond donors (Lipinski definition) is 0. The molecule has 0 unspecified atom stereocenters. The number of ether oxygens (including phenoxy) is 1. The molecule has 0 aliphatic heterocycles. The molecule has 0 amide bonds. The van der Waals surface area contributed by atoms with Crippen LogP contribution in [0.1, 0.15) is 26.7 Å². The fourth-order valence-corrected chi connectivity index (χ4v) is 4.62. The minimum atomic E-state index is -0.519. The lowest BCUT2D eigenvalue weighted by Gasteiger charge is -2.08. The topological polar surface area (TPSA) is 76.1 Å². The van der Waals surface area contributed by atoms with Crippen LogP contribution in [0, 0.1) is 11.3 Å². The van der Waals surface area contributed by atoms with E-state index < -0.39 is 5.97 Å². The van der Waals surface area contributed by atoms with Crippen molar-refractivity contribution in [2.75, 3.05) is 0 Å². The van der Waals surface area contributed by atoms with Crippen LogP contribution >= 0.6 is 22.9 Å². The van der Waals surface area contributed by atoms with Gasteiger partial charge in [0, 0.05) is 11.6 Å². The SMILES string of the molecule is N#C/C(=C/c1ccc(-c2ccc(Cl)c(C(=O)OCc3ccccc3)c2)o1)c1nc2ccccc2s1. The number of para-hydroxylation sites is 1. The predicted octanol–water partition coefficient (Wildman–Crippen LogP) is 7.63. The van der Waals surface area contributed by atoms with E-state index in [1.165, 1.54) is 11.3 Å². The number of rotatable bonds is 6. The number of allylic oxidation sites excluding steroid dienone is 1. The quantitative estimate of drug-likeness (QED) is 0.178. The summed E-state index contributed by atoms with van der Waals surface area (Å²) >= 11 is 7.72. The highest BCUT2D eigenvalue weighted by molar-refractivity contribution is 7.19. The summed E-state index contributed by atoms with van der Waals surface area (Å²) in [5.41, 5.74) is 3.06. The molecule has 0 aliphatic carbocycles. The Kier molecular flexibility index (Phi) is 6.44. The summed E-state index contributed by atoms with van der Waals surface area (Å²) in [7, 11) is 0. The van der Waals surface area contributed by atoms with E-state index in [1.54, 1.807) is 36.4 Å². The number of esters is 1. The summed E-state index contributed by atoms with van der Waals surface area (Å²) in [6.45, 7) is 0.151. The van der Waals surface area contributed by atoms with Crippen molar-refractivity contribution < 1.29 is 13.9 Å². The molecule has 0 saturated heterocycles. The van der Waals surface area contributed by atoms with Crippen LogP contribution in [0.2, 0.25) is 5.02 Å². The van der Waals surface area contributed by atoms with Crippen LogP contribution in [0.25, 0.3) is 33.2 Å². The number of carbonyl (C=O) groups excluding carboxylic acids is 1. The Hall–Kier alpha value is -4.18. The summed E-state index contributed by atoms with van der Waals surface area (Å²) < 4.78 is 12.4. The molecule has 35 heavy (non-hydrogen) atoms. The van der Waals surface area contributed by atoms with Gasteiger partial charge < -0.3 is 9.15 Å². The number of thiazole rings is 1. The fourth-order valence-electron chi connectivity index (χ4n) is 3.49. The van der Waals surface area contributed by atoms with E-state index in [0.29, 0.717) is 32.7 Å². The highest BCUT2D eigenvalue weighted by Gasteiger charge is 2.16. The minimum Gasteiger partial charge on any atom is -0.457 e. The number of carbonyl (C=O) groups is 1. The molecule has 0 atom stereocenters. The van der Waals surface area contributed by atoms with Crippen LogP contribution in [-0.4, -0.2) is 11.0 Å². The molecular weight excluding hydrogens is 480 g/mol. The number of furan rings is 1. The number of aromatic nitrogens is 1. The van der Waals surface area contributed by atoms with Crippen molar-refractivity contribution in [2.24, 2.45) is 0 Å². The maximum atomic E-state index is 12.7. The highest BCUT2D eigenvalue weighted by atomic mass is 35.5. The van der Waals surface area contributed by atoms with Crippen molar-refractivity contribution in [3.8, 4) is 17.4 Å². The smallest absolute Gasteiger partial charge is 0.340 e. The van der Waals surface area contributed by atoms with Crippen molar-refractivity contribution >= 4 is 50.8 Å². The zero-order chi connectivity index (χ0) is 24.2. The molecule has 2 heterocycles. The zero-order valence-electron chi connectivity index (χ0n) is 18.3. The van der Waals surface area contributed by atoms with Crippen LogP contribution in [0.15, 0.2) is 89.3 Å². The van der Waals surface area contributed by atoms with Crippen LogP contribution in [0.5, 0.6) is 0 Å². The molecule has 0 N–H and O–H groups in total. The molecule has 5 rings (SSSR count). The fraction of sp³-hybridized carbons (Fsp3) is 0.0357. The van der Waals surface area contributed by atoms with E-state index in [1.807, 2.05) is 54.6 Å². The van der Waals surface area contributed by atoms with Gasteiger partial charge in [-0.25, -0.2) is 9.78 Å². The first-order valence-electron chi connectivity index (χ1n) is 10.7. The highest BCUT2D eigenvalue weighted by Crippen LogP contribution is 2.31.